The Bertz CT molecular complexity index is 222. The maximum absolute atomic E-state index is 3.43. The number of allylic oxidation sites excluding steroid dienone is 1. The molecular weight excluding hydrogens is 172 g/mol. The lowest BCUT2D eigenvalue weighted by molar-refractivity contribution is 0.722. The normalized spacial score (nSPS) is 12.2. The van der Waals surface area contributed by atoms with Gasteiger partial charge in [0.05, 0.1) is 8.07 Å². The quantitative estimate of drug-likeness (QED) is 0.449. The Morgan fingerprint density at radius 3 is 2.00 bits per heavy atom. The standard InChI is InChI=1S/C12H24Si/c1-8-10-11(9-2)13(6,7)12(3,4)5/h8H,9H2,1-7H3. The Labute approximate surface area is 84.8 Å². The molecule has 0 atom stereocenters. The van der Waals surface area contributed by atoms with Gasteiger partial charge in [0.25, 0.3) is 0 Å². The third kappa shape index (κ3) is 2.86. The van der Waals surface area contributed by atoms with E-state index in [-0.39, 0.29) is 0 Å². The molecule has 0 saturated heterocycles. The van der Waals surface area contributed by atoms with E-state index in [9.17, 15) is 0 Å². The van der Waals surface area contributed by atoms with E-state index in [1.807, 2.05) is 0 Å². The van der Waals surface area contributed by atoms with Crippen LogP contribution in [-0.2, 0) is 0 Å². The smallest absolute Gasteiger partial charge is 0.0906 e. The molecule has 0 aromatic heterocycles. The van der Waals surface area contributed by atoms with Gasteiger partial charge in [-0.2, -0.15) is 0 Å². The summed E-state index contributed by atoms with van der Waals surface area (Å²) in [6.07, 6.45) is 3.21. The SMILES string of the molecule is CC=C=C(CC)[Si](C)(C)C(C)(C)C. The van der Waals surface area contributed by atoms with Gasteiger partial charge in [-0.1, -0.05) is 40.8 Å². The molecule has 0 aliphatic carbocycles. The summed E-state index contributed by atoms with van der Waals surface area (Å²) in [7, 11) is -1.28. The molecule has 0 saturated carbocycles. The van der Waals surface area contributed by atoms with E-state index in [4.69, 9.17) is 0 Å². The lowest BCUT2D eigenvalue weighted by Gasteiger charge is -2.37. The van der Waals surface area contributed by atoms with Crippen LogP contribution in [0.1, 0.15) is 41.0 Å². The Morgan fingerprint density at radius 1 is 1.31 bits per heavy atom. The van der Waals surface area contributed by atoms with Crippen LogP contribution in [0.2, 0.25) is 18.1 Å². The lowest BCUT2D eigenvalue weighted by Crippen LogP contribution is -2.39. The van der Waals surface area contributed by atoms with Crippen molar-refractivity contribution < 1.29 is 0 Å². The topological polar surface area (TPSA) is 0 Å². The van der Waals surface area contributed by atoms with Crippen molar-refractivity contribution in [1.29, 1.82) is 0 Å². The molecular formula is C12H24Si. The molecule has 76 valence electrons. The van der Waals surface area contributed by atoms with E-state index in [0.29, 0.717) is 5.04 Å². The summed E-state index contributed by atoms with van der Waals surface area (Å²) >= 11 is 0. The molecule has 0 aromatic carbocycles. The molecule has 1 heteroatoms. The van der Waals surface area contributed by atoms with E-state index in [1.54, 1.807) is 5.20 Å². The first kappa shape index (κ1) is 12.7. The van der Waals surface area contributed by atoms with Crippen molar-refractivity contribution in [1.82, 2.24) is 0 Å². The van der Waals surface area contributed by atoms with E-state index < -0.39 is 8.07 Å². The molecule has 0 radical (unpaired) electrons. The van der Waals surface area contributed by atoms with Crippen molar-refractivity contribution in [2.24, 2.45) is 0 Å². The number of hydrogen-bond donors (Lipinski definition) is 0. The molecule has 0 unspecified atom stereocenters. The zero-order valence-corrected chi connectivity index (χ0v) is 11.3. The molecule has 0 bridgehead atoms. The van der Waals surface area contributed by atoms with Crippen molar-refractivity contribution in [3.8, 4) is 0 Å². The van der Waals surface area contributed by atoms with E-state index in [0.717, 1.165) is 6.42 Å². The van der Waals surface area contributed by atoms with Gasteiger partial charge in [0, 0.05) is 0 Å². The molecule has 13 heavy (non-hydrogen) atoms. The fourth-order valence-electron chi connectivity index (χ4n) is 1.35. The van der Waals surface area contributed by atoms with Gasteiger partial charge in [-0.05, 0) is 29.7 Å². The highest BCUT2D eigenvalue weighted by Crippen LogP contribution is 2.41. The molecule has 0 nitrogen and oxygen atoms in total. The summed E-state index contributed by atoms with van der Waals surface area (Å²) < 4.78 is 0. The second-order valence-electron chi connectivity index (χ2n) is 5.14. The van der Waals surface area contributed by atoms with Gasteiger partial charge in [-0.3, -0.25) is 0 Å². The van der Waals surface area contributed by atoms with Crippen LogP contribution in [0.4, 0.5) is 0 Å². The average Bonchev–Trinajstić information content (AvgIpc) is 1.97. The monoisotopic (exact) mass is 196 g/mol. The van der Waals surface area contributed by atoms with Crippen LogP contribution in [-0.4, -0.2) is 8.07 Å². The Hall–Kier alpha value is -0.263. The third-order valence-electron chi connectivity index (χ3n) is 3.30. The molecule has 0 heterocycles. The van der Waals surface area contributed by atoms with Gasteiger partial charge < -0.3 is 0 Å². The first-order valence-electron chi connectivity index (χ1n) is 5.18. The summed E-state index contributed by atoms with van der Waals surface area (Å²) in [5.74, 6) is 0. The van der Waals surface area contributed by atoms with Crippen LogP contribution in [0.3, 0.4) is 0 Å². The molecule has 0 aliphatic heterocycles. The summed E-state index contributed by atoms with van der Waals surface area (Å²) in [6.45, 7) is 16.3. The summed E-state index contributed by atoms with van der Waals surface area (Å²) in [6, 6.07) is 0. The summed E-state index contributed by atoms with van der Waals surface area (Å²) in [5, 5.41) is 2.00. The van der Waals surface area contributed by atoms with Gasteiger partial charge in [0.1, 0.15) is 0 Å². The fraction of sp³-hybridized carbons (Fsp3) is 0.750. The van der Waals surface area contributed by atoms with E-state index in [2.05, 4.69) is 59.5 Å². The second-order valence-corrected chi connectivity index (χ2v) is 10.5. The average molecular weight is 196 g/mol. The van der Waals surface area contributed by atoms with Crippen LogP contribution >= 0.6 is 0 Å². The molecule has 0 rings (SSSR count). The Kier molecular flexibility index (Phi) is 4.21. The molecule has 0 amide bonds. The molecule has 0 N–H and O–H groups in total. The highest BCUT2D eigenvalue weighted by molar-refractivity contribution is 6.86. The van der Waals surface area contributed by atoms with Gasteiger partial charge in [0.15, 0.2) is 0 Å². The van der Waals surface area contributed by atoms with Crippen LogP contribution in [0.5, 0.6) is 0 Å². The first-order valence-corrected chi connectivity index (χ1v) is 8.18. The van der Waals surface area contributed by atoms with Gasteiger partial charge >= 0.3 is 0 Å². The minimum Gasteiger partial charge on any atom is -0.131 e. The summed E-state index contributed by atoms with van der Waals surface area (Å²) in [5.41, 5.74) is 3.43. The minimum atomic E-state index is -1.28. The highest BCUT2D eigenvalue weighted by Gasteiger charge is 2.37. The Balaban J connectivity index is 5.14. The Morgan fingerprint density at radius 2 is 1.77 bits per heavy atom. The molecule has 0 fully saturated rings. The molecule has 0 spiro atoms. The predicted molar refractivity (Wildman–Crippen MR) is 64.8 cm³/mol. The van der Waals surface area contributed by atoms with Crippen LogP contribution in [0, 0.1) is 0 Å². The predicted octanol–water partition coefficient (Wildman–Crippen LogP) is 4.55. The van der Waals surface area contributed by atoms with Crippen LogP contribution in [0.25, 0.3) is 0 Å². The maximum atomic E-state index is 3.43. The number of hydrogen-bond acceptors (Lipinski definition) is 0. The lowest BCUT2D eigenvalue weighted by atomic mass is 10.2. The molecule has 0 aliphatic rings. The van der Waals surface area contributed by atoms with Crippen molar-refractivity contribution in [2.75, 3.05) is 0 Å². The van der Waals surface area contributed by atoms with E-state index in [1.165, 1.54) is 0 Å². The second kappa shape index (κ2) is 4.30. The van der Waals surface area contributed by atoms with Gasteiger partial charge in [0.2, 0.25) is 0 Å². The largest absolute Gasteiger partial charge is 0.131 e. The minimum absolute atomic E-state index is 0.439. The fourth-order valence-corrected chi connectivity index (χ4v) is 3.65. The van der Waals surface area contributed by atoms with Crippen LogP contribution < -0.4 is 0 Å². The third-order valence-corrected chi connectivity index (χ3v) is 9.06. The van der Waals surface area contributed by atoms with Gasteiger partial charge in [-0.25, -0.2) is 0 Å². The zero-order chi connectivity index (χ0) is 10.7. The summed E-state index contributed by atoms with van der Waals surface area (Å²) in [4.78, 5) is 0. The highest BCUT2D eigenvalue weighted by atomic mass is 28.3. The molecule has 0 aromatic rings. The maximum Gasteiger partial charge on any atom is 0.0906 e. The van der Waals surface area contributed by atoms with Crippen molar-refractivity contribution in [3.05, 3.63) is 17.0 Å². The van der Waals surface area contributed by atoms with Crippen LogP contribution in [0.15, 0.2) is 17.0 Å². The van der Waals surface area contributed by atoms with Crippen molar-refractivity contribution in [2.45, 2.75) is 59.2 Å². The van der Waals surface area contributed by atoms with Crippen molar-refractivity contribution >= 4 is 8.07 Å². The number of rotatable bonds is 2. The van der Waals surface area contributed by atoms with E-state index >= 15 is 0 Å². The zero-order valence-electron chi connectivity index (χ0n) is 10.3. The van der Waals surface area contributed by atoms with Gasteiger partial charge in [-0.15, -0.1) is 5.73 Å². The van der Waals surface area contributed by atoms with Crippen molar-refractivity contribution in [3.63, 3.8) is 0 Å². The first-order chi connectivity index (χ1) is 5.77.